The van der Waals surface area contributed by atoms with Crippen LogP contribution in [0.25, 0.3) is 0 Å². The molecule has 0 aromatic heterocycles. The molecule has 3 heteroatoms. The predicted octanol–water partition coefficient (Wildman–Crippen LogP) is 2.37. The Morgan fingerprint density at radius 2 is 2.15 bits per heavy atom. The van der Waals surface area contributed by atoms with E-state index in [2.05, 4.69) is 48.6 Å². The molecule has 1 aromatic rings. The number of fused-ring (bicyclic) bond motifs is 1. The molecule has 0 bridgehead atoms. The van der Waals surface area contributed by atoms with Gasteiger partial charge >= 0.3 is 0 Å². The summed E-state index contributed by atoms with van der Waals surface area (Å²) in [5.74, 6) is 0. The van der Waals surface area contributed by atoms with Crippen molar-refractivity contribution in [1.29, 1.82) is 0 Å². The zero-order chi connectivity index (χ0) is 13.9. The standard InChI is InChI=1S/C17H26N2O/c1-18-17-15-8-4-3-6-13(15)9-10-16(17)19(2)12-14-7-5-11-20-14/h3-4,6,8,14,16-18H,5,7,9-12H2,1-2H3. The quantitative estimate of drug-likeness (QED) is 0.912. The topological polar surface area (TPSA) is 24.5 Å². The molecule has 3 nitrogen and oxygen atoms in total. The molecule has 1 heterocycles. The van der Waals surface area contributed by atoms with Crippen LogP contribution in [0.4, 0.5) is 0 Å². The molecule has 0 radical (unpaired) electrons. The van der Waals surface area contributed by atoms with Crippen molar-refractivity contribution in [3.8, 4) is 0 Å². The first-order valence-electron chi connectivity index (χ1n) is 7.86. The predicted molar refractivity (Wildman–Crippen MR) is 82.0 cm³/mol. The van der Waals surface area contributed by atoms with Crippen LogP contribution in [0.3, 0.4) is 0 Å². The van der Waals surface area contributed by atoms with E-state index in [4.69, 9.17) is 4.74 Å². The summed E-state index contributed by atoms with van der Waals surface area (Å²) in [6.45, 7) is 2.01. The van der Waals surface area contributed by atoms with E-state index in [9.17, 15) is 0 Å². The number of nitrogens with zero attached hydrogens (tertiary/aromatic N) is 1. The van der Waals surface area contributed by atoms with Crippen molar-refractivity contribution in [3.05, 3.63) is 35.4 Å². The van der Waals surface area contributed by atoms with E-state index >= 15 is 0 Å². The average molecular weight is 274 g/mol. The first-order valence-corrected chi connectivity index (χ1v) is 7.86. The van der Waals surface area contributed by atoms with Gasteiger partial charge in [0.05, 0.1) is 6.10 Å². The second kappa shape index (κ2) is 6.25. The van der Waals surface area contributed by atoms with Gasteiger partial charge < -0.3 is 10.1 Å². The maximum atomic E-state index is 5.79. The highest BCUT2D eigenvalue weighted by Gasteiger charge is 2.32. The summed E-state index contributed by atoms with van der Waals surface area (Å²) in [4.78, 5) is 2.51. The van der Waals surface area contributed by atoms with E-state index in [1.807, 2.05) is 0 Å². The summed E-state index contributed by atoms with van der Waals surface area (Å²) in [7, 11) is 4.34. The van der Waals surface area contributed by atoms with Crippen molar-refractivity contribution in [3.63, 3.8) is 0 Å². The molecule has 2 aliphatic rings. The lowest BCUT2D eigenvalue weighted by Crippen LogP contribution is -2.47. The van der Waals surface area contributed by atoms with Crippen LogP contribution in [0, 0.1) is 0 Å². The molecule has 1 aromatic carbocycles. The summed E-state index contributed by atoms with van der Waals surface area (Å²) in [5.41, 5.74) is 2.99. The highest BCUT2D eigenvalue weighted by Crippen LogP contribution is 2.32. The van der Waals surface area contributed by atoms with E-state index in [1.54, 1.807) is 0 Å². The van der Waals surface area contributed by atoms with Crippen LogP contribution < -0.4 is 5.32 Å². The van der Waals surface area contributed by atoms with Crippen molar-refractivity contribution in [1.82, 2.24) is 10.2 Å². The molecule has 1 N–H and O–H groups in total. The molecule has 0 saturated carbocycles. The molecular weight excluding hydrogens is 248 g/mol. The fourth-order valence-electron chi connectivity index (χ4n) is 3.81. The van der Waals surface area contributed by atoms with Gasteiger partial charge in [0.25, 0.3) is 0 Å². The number of ether oxygens (including phenoxy) is 1. The van der Waals surface area contributed by atoms with Gasteiger partial charge in [0.2, 0.25) is 0 Å². The summed E-state index contributed by atoms with van der Waals surface area (Å²) >= 11 is 0. The van der Waals surface area contributed by atoms with Crippen molar-refractivity contribution < 1.29 is 4.74 Å². The van der Waals surface area contributed by atoms with Gasteiger partial charge in [-0.05, 0) is 50.9 Å². The third-order valence-corrected chi connectivity index (χ3v) is 4.88. The normalized spacial score (nSPS) is 29.6. The Hall–Kier alpha value is -0.900. The lowest BCUT2D eigenvalue weighted by Gasteiger charge is -2.40. The van der Waals surface area contributed by atoms with Gasteiger partial charge in [-0.15, -0.1) is 0 Å². The number of hydrogen-bond acceptors (Lipinski definition) is 3. The number of aryl methyl sites for hydroxylation is 1. The SMILES string of the molecule is CNC1c2ccccc2CCC1N(C)CC1CCCO1. The van der Waals surface area contributed by atoms with Gasteiger partial charge in [-0.25, -0.2) is 0 Å². The fourth-order valence-corrected chi connectivity index (χ4v) is 3.81. The van der Waals surface area contributed by atoms with E-state index in [0.29, 0.717) is 18.2 Å². The van der Waals surface area contributed by atoms with Crippen LogP contribution in [0.5, 0.6) is 0 Å². The Labute approximate surface area is 122 Å². The summed E-state index contributed by atoms with van der Waals surface area (Å²) in [5, 5.41) is 3.53. The van der Waals surface area contributed by atoms with E-state index < -0.39 is 0 Å². The van der Waals surface area contributed by atoms with Crippen molar-refractivity contribution in [2.45, 2.75) is 43.9 Å². The van der Waals surface area contributed by atoms with Gasteiger partial charge in [0.1, 0.15) is 0 Å². The number of likely N-dealkylation sites (N-methyl/N-ethyl adjacent to an activating group) is 2. The van der Waals surface area contributed by atoms with Crippen molar-refractivity contribution in [2.75, 3.05) is 27.2 Å². The molecule has 1 fully saturated rings. The lowest BCUT2D eigenvalue weighted by atomic mass is 9.83. The van der Waals surface area contributed by atoms with Gasteiger partial charge in [-0.3, -0.25) is 4.90 Å². The maximum absolute atomic E-state index is 5.79. The highest BCUT2D eigenvalue weighted by molar-refractivity contribution is 5.33. The summed E-state index contributed by atoms with van der Waals surface area (Å²) < 4.78 is 5.79. The largest absolute Gasteiger partial charge is 0.377 e. The average Bonchev–Trinajstić information content (AvgIpc) is 2.98. The Balaban J connectivity index is 1.73. The maximum Gasteiger partial charge on any atom is 0.0702 e. The van der Waals surface area contributed by atoms with Crippen LogP contribution in [0.1, 0.15) is 36.4 Å². The minimum atomic E-state index is 0.436. The lowest BCUT2D eigenvalue weighted by molar-refractivity contribution is 0.0575. The smallest absolute Gasteiger partial charge is 0.0702 e. The molecule has 1 aliphatic carbocycles. The Bertz CT molecular complexity index is 442. The van der Waals surface area contributed by atoms with Gasteiger partial charge in [0, 0.05) is 25.2 Å². The monoisotopic (exact) mass is 274 g/mol. The molecule has 0 amide bonds. The minimum Gasteiger partial charge on any atom is -0.377 e. The Morgan fingerprint density at radius 1 is 1.30 bits per heavy atom. The summed E-state index contributed by atoms with van der Waals surface area (Å²) in [6, 6.07) is 9.87. The molecule has 3 unspecified atom stereocenters. The van der Waals surface area contributed by atoms with Crippen LogP contribution in [-0.4, -0.2) is 44.3 Å². The minimum absolute atomic E-state index is 0.436. The van der Waals surface area contributed by atoms with Gasteiger partial charge in [-0.2, -0.15) is 0 Å². The molecule has 20 heavy (non-hydrogen) atoms. The third kappa shape index (κ3) is 2.76. The van der Waals surface area contributed by atoms with E-state index in [-0.39, 0.29) is 0 Å². The van der Waals surface area contributed by atoms with Crippen LogP contribution in [-0.2, 0) is 11.2 Å². The number of hydrogen-bond donors (Lipinski definition) is 1. The first-order chi connectivity index (χ1) is 9.79. The number of rotatable bonds is 4. The molecule has 110 valence electrons. The van der Waals surface area contributed by atoms with Crippen LogP contribution >= 0.6 is 0 Å². The van der Waals surface area contributed by atoms with Crippen molar-refractivity contribution >= 4 is 0 Å². The zero-order valence-corrected chi connectivity index (χ0v) is 12.6. The molecule has 3 atom stereocenters. The molecule has 1 aliphatic heterocycles. The first kappa shape index (κ1) is 14.1. The van der Waals surface area contributed by atoms with E-state index in [0.717, 1.165) is 13.2 Å². The van der Waals surface area contributed by atoms with E-state index in [1.165, 1.54) is 36.8 Å². The molecule has 0 spiro atoms. The zero-order valence-electron chi connectivity index (χ0n) is 12.6. The van der Waals surface area contributed by atoms with Crippen LogP contribution in [0.15, 0.2) is 24.3 Å². The van der Waals surface area contributed by atoms with Crippen molar-refractivity contribution in [2.24, 2.45) is 0 Å². The third-order valence-electron chi connectivity index (χ3n) is 4.88. The van der Waals surface area contributed by atoms with Crippen LogP contribution in [0.2, 0.25) is 0 Å². The Morgan fingerprint density at radius 3 is 2.90 bits per heavy atom. The summed E-state index contributed by atoms with van der Waals surface area (Å²) in [6.07, 6.45) is 5.30. The Kier molecular flexibility index (Phi) is 4.39. The molecule has 3 rings (SSSR count). The number of benzene rings is 1. The second-order valence-corrected chi connectivity index (χ2v) is 6.15. The fraction of sp³-hybridized carbons (Fsp3) is 0.647. The molecular formula is C17H26N2O. The number of nitrogens with one attached hydrogen (secondary N) is 1. The highest BCUT2D eigenvalue weighted by atomic mass is 16.5. The second-order valence-electron chi connectivity index (χ2n) is 6.15. The van der Waals surface area contributed by atoms with Gasteiger partial charge in [-0.1, -0.05) is 24.3 Å². The van der Waals surface area contributed by atoms with Gasteiger partial charge in [0.15, 0.2) is 0 Å². The molecule has 1 saturated heterocycles.